The first kappa shape index (κ1) is 14.8. The molecule has 1 atom stereocenters. The van der Waals surface area contributed by atoms with Crippen molar-refractivity contribution >= 4 is 23.5 Å². The molecule has 1 aromatic carbocycles. The molecule has 1 unspecified atom stereocenters. The number of rotatable bonds is 3. The molecule has 1 fully saturated rings. The molecule has 2 amide bonds. The van der Waals surface area contributed by atoms with Gasteiger partial charge in [-0.2, -0.15) is 0 Å². The lowest BCUT2D eigenvalue weighted by atomic mass is 10.1. The molecule has 21 heavy (non-hydrogen) atoms. The molecule has 1 aromatic rings. The summed E-state index contributed by atoms with van der Waals surface area (Å²) in [7, 11) is 0. The molecule has 4 N–H and O–H groups in total. The van der Waals surface area contributed by atoms with Gasteiger partial charge in [-0.25, -0.2) is 4.39 Å². The van der Waals surface area contributed by atoms with Crippen molar-refractivity contribution in [2.45, 2.75) is 12.5 Å². The maximum absolute atomic E-state index is 13.8. The van der Waals surface area contributed by atoms with Crippen LogP contribution in [0.1, 0.15) is 16.8 Å². The van der Waals surface area contributed by atoms with Crippen LogP contribution in [0, 0.1) is 5.82 Å². The van der Waals surface area contributed by atoms with Gasteiger partial charge < -0.3 is 21.1 Å². The molecule has 0 aromatic heterocycles. The minimum absolute atomic E-state index is 0.117. The molecule has 1 aliphatic heterocycles. The van der Waals surface area contributed by atoms with Gasteiger partial charge in [-0.3, -0.25) is 14.4 Å². The molecular weight excluding hydrogens is 281 g/mol. The number of anilines is 1. The predicted molar refractivity (Wildman–Crippen MR) is 70.9 cm³/mol. The third-order valence-corrected chi connectivity index (χ3v) is 3.18. The fourth-order valence-corrected chi connectivity index (χ4v) is 2.19. The number of hydrogen-bond acceptors (Lipinski definition) is 4. The summed E-state index contributed by atoms with van der Waals surface area (Å²) in [4.78, 5) is 36.0. The lowest BCUT2D eigenvalue weighted by molar-refractivity contribution is -0.142. The monoisotopic (exact) mass is 295 g/mol. The van der Waals surface area contributed by atoms with Crippen LogP contribution in [0.2, 0.25) is 0 Å². The summed E-state index contributed by atoms with van der Waals surface area (Å²) in [5.41, 5.74) is 5.34. The Morgan fingerprint density at radius 2 is 2.19 bits per heavy atom. The highest BCUT2D eigenvalue weighted by Gasteiger charge is 2.35. The summed E-state index contributed by atoms with van der Waals surface area (Å²) >= 11 is 0. The number of hydrogen-bond donors (Lipinski definition) is 3. The van der Waals surface area contributed by atoms with E-state index in [-0.39, 0.29) is 24.3 Å². The number of nitrogens with one attached hydrogen (secondary N) is 1. The van der Waals surface area contributed by atoms with E-state index in [1.165, 1.54) is 12.1 Å². The molecule has 7 nitrogen and oxygen atoms in total. The van der Waals surface area contributed by atoms with Gasteiger partial charge in [0.1, 0.15) is 11.9 Å². The van der Waals surface area contributed by atoms with Gasteiger partial charge >= 0.3 is 5.97 Å². The van der Waals surface area contributed by atoms with E-state index < -0.39 is 36.1 Å². The highest BCUT2D eigenvalue weighted by atomic mass is 19.1. The van der Waals surface area contributed by atoms with Crippen molar-refractivity contribution in [2.24, 2.45) is 0 Å². The average Bonchev–Trinajstić information content (AvgIpc) is 2.40. The molecule has 1 saturated heterocycles. The Kier molecular flexibility index (Phi) is 4.06. The van der Waals surface area contributed by atoms with Crippen molar-refractivity contribution in [1.82, 2.24) is 10.2 Å². The number of carbonyl (C=O) groups is 3. The number of nitrogens with two attached hydrogens (primary N) is 1. The largest absolute Gasteiger partial charge is 0.481 e. The molecular formula is C13H14FN3O4. The minimum atomic E-state index is -1.22. The number of halogens is 1. The molecule has 0 saturated carbocycles. The molecule has 0 bridgehead atoms. The number of benzene rings is 1. The molecule has 0 aliphatic carbocycles. The Morgan fingerprint density at radius 3 is 2.81 bits per heavy atom. The van der Waals surface area contributed by atoms with Crippen molar-refractivity contribution in [3.05, 3.63) is 29.6 Å². The molecule has 1 heterocycles. The number of amides is 2. The van der Waals surface area contributed by atoms with E-state index in [0.29, 0.717) is 0 Å². The van der Waals surface area contributed by atoms with Gasteiger partial charge in [-0.15, -0.1) is 0 Å². The molecule has 112 valence electrons. The number of carbonyl (C=O) groups excluding carboxylic acids is 2. The molecule has 0 spiro atoms. The lowest BCUT2D eigenvalue weighted by Crippen LogP contribution is -2.57. The van der Waals surface area contributed by atoms with Crippen molar-refractivity contribution in [1.29, 1.82) is 0 Å². The van der Waals surface area contributed by atoms with Gasteiger partial charge in [0, 0.05) is 18.8 Å². The summed E-state index contributed by atoms with van der Waals surface area (Å²) in [6, 6.07) is 2.44. The second kappa shape index (κ2) is 5.78. The Morgan fingerprint density at radius 1 is 1.48 bits per heavy atom. The molecule has 0 radical (unpaired) electrons. The van der Waals surface area contributed by atoms with E-state index in [0.717, 1.165) is 11.0 Å². The van der Waals surface area contributed by atoms with Crippen molar-refractivity contribution in [3.63, 3.8) is 0 Å². The van der Waals surface area contributed by atoms with E-state index in [9.17, 15) is 18.8 Å². The highest BCUT2D eigenvalue weighted by molar-refractivity contribution is 5.99. The first-order valence-electron chi connectivity index (χ1n) is 6.25. The fourth-order valence-electron chi connectivity index (χ4n) is 2.19. The third kappa shape index (κ3) is 3.10. The fraction of sp³-hybridized carbons (Fsp3) is 0.308. The minimum Gasteiger partial charge on any atom is -0.481 e. The molecule has 2 rings (SSSR count). The van der Waals surface area contributed by atoms with Crippen molar-refractivity contribution < 1.29 is 23.9 Å². The summed E-state index contributed by atoms with van der Waals surface area (Å²) in [6.07, 6.45) is -0.534. The van der Waals surface area contributed by atoms with Crippen LogP contribution in [-0.4, -0.2) is 46.9 Å². The van der Waals surface area contributed by atoms with E-state index in [1.807, 2.05) is 0 Å². The van der Waals surface area contributed by atoms with Crippen LogP contribution in [0.4, 0.5) is 10.1 Å². The van der Waals surface area contributed by atoms with Crippen LogP contribution < -0.4 is 11.1 Å². The summed E-state index contributed by atoms with van der Waals surface area (Å²) in [5, 5.41) is 11.3. The molecule has 1 aliphatic rings. The number of carboxylic acids is 1. The topological polar surface area (TPSA) is 113 Å². The van der Waals surface area contributed by atoms with Gasteiger partial charge in [0.05, 0.1) is 12.0 Å². The van der Waals surface area contributed by atoms with Crippen LogP contribution in [0.25, 0.3) is 0 Å². The van der Waals surface area contributed by atoms with Gasteiger partial charge in [-0.1, -0.05) is 0 Å². The van der Waals surface area contributed by atoms with Gasteiger partial charge in [0.2, 0.25) is 5.91 Å². The number of aliphatic carboxylic acids is 1. The number of nitrogens with zero attached hydrogens (tertiary/aromatic N) is 1. The second-order valence-corrected chi connectivity index (χ2v) is 4.64. The van der Waals surface area contributed by atoms with Crippen molar-refractivity contribution in [2.75, 3.05) is 18.8 Å². The van der Waals surface area contributed by atoms with Crippen LogP contribution in [0.3, 0.4) is 0 Å². The number of carboxylic acid groups (broad SMARTS) is 1. The quantitative estimate of drug-likeness (QED) is 0.670. The van der Waals surface area contributed by atoms with Gasteiger partial charge in [0.15, 0.2) is 0 Å². The van der Waals surface area contributed by atoms with Gasteiger partial charge in [-0.05, 0) is 18.2 Å². The number of piperazine rings is 1. The zero-order valence-corrected chi connectivity index (χ0v) is 11.0. The Balaban J connectivity index is 2.30. The Hall–Kier alpha value is -2.64. The standard InChI is InChI=1S/C13H14FN3O4/c14-9-5-7(15)1-2-8(9)13(21)17-4-3-16-12(20)10(17)6-11(18)19/h1-2,5,10H,3-4,6,15H2,(H,16,20)(H,18,19). The Labute approximate surface area is 119 Å². The van der Waals surface area contributed by atoms with Crippen LogP contribution >= 0.6 is 0 Å². The summed E-state index contributed by atoms with van der Waals surface area (Å²) < 4.78 is 13.8. The zero-order valence-electron chi connectivity index (χ0n) is 11.0. The normalized spacial score (nSPS) is 18.2. The van der Waals surface area contributed by atoms with Crippen LogP contribution in [0.15, 0.2) is 18.2 Å². The zero-order chi connectivity index (χ0) is 15.6. The average molecular weight is 295 g/mol. The highest BCUT2D eigenvalue weighted by Crippen LogP contribution is 2.18. The summed E-state index contributed by atoms with van der Waals surface area (Å²) in [5.74, 6) is -3.31. The van der Waals surface area contributed by atoms with E-state index in [1.54, 1.807) is 0 Å². The maximum Gasteiger partial charge on any atom is 0.305 e. The second-order valence-electron chi connectivity index (χ2n) is 4.64. The maximum atomic E-state index is 13.8. The SMILES string of the molecule is Nc1ccc(C(=O)N2CCNC(=O)C2CC(=O)O)c(F)c1. The smallest absolute Gasteiger partial charge is 0.305 e. The lowest BCUT2D eigenvalue weighted by Gasteiger charge is -2.34. The van der Waals surface area contributed by atoms with E-state index in [4.69, 9.17) is 10.8 Å². The predicted octanol–water partition coefficient (Wildman–Crippen LogP) is -0.177. The van der Waals surface area contributed by atoms with E-state index >= 15 is 0 Å². The summed E-state index contributed by atoms with van der Waals surface area (Å²) in [6.45, 7) is 0.309. The third-order valence-electron chi connectivity index (χ3n) is 3.18. The van der Waals surface area contributed by atoms with E-state index in [2.05, 4.69) is 5.32 Å². The first-order valence-corrected chi connectivity index (χ1v) is 6.25. The Bertz CT molecular complexity index is 605. The van der Waals surface area contributed by atoms with Gasteiger partial charge in [0.25, 0.3) is 5.91 Å². The number of nitrogen functional groups attached to an aromatic ring is 1. The molecule has 8 heteroatoms. The van der Waals surface area contributed by atoms with Crippen LogP contribution in [0.5, 0.6) is 0 Å². The first-order chi connectivity index (χ1) is 9.90. The van der Waals surface area contributed by atoms with Crippen molar-refractivity contribution in [3.8, 4) is 0 Å². The van der Waals surface area contributed by atoms with Crippen LogP contribution in [-0.2, 0) is 9.59 Å².